The van der Waals surface area contributed by atoms with Crippen LogP contribution in [-0.4, -0.2) is 47.1 Å². The lowest BCUT2D eigenvalue weighted by atomic mass is 9.95. The van der Waals surface area contributed by atoms with Gasteiger partial charge in [0.1, 0.15) is 23.9 Å². The average Bonchev–Trinajstić information content (AvgIpc) is 3.13. The fourth-order valence-corrected chi connectivity index (χ4v) is 4.10. The molecule has 0 spiro atoms. The number of phenols is 1. The van der Waals surface area contributed by atoms with Gasteiger partial charge < -0.3 is 24.6 Å². The third kappa shape index (κ3) is 5.36. The fraction of sp³-hybridized carbons (Fsp3) is 0.214. The summed E-state index contributed by atoms with van der Waals surface area (Å²) in [4.78, 5) is 27.4. The van der Waals surface area contributed by atoms with Crippen molar-refractivity contribution in [3.8, 4) is 11.5 Å². The molecule has 1 heterocycles. The Bertz CT molecular complexity index is 1200. The van der Waals surface area contributed by atoms with Gasteiger partial charge in [-0.3, -0.25) is 9.59 Å². The molecule has 4 rings (SSSR count). The maximum atomic E-state index is 13.0. The predicted molar refractivity (Wildman–Crippen MR) is 131 cm³/mol. The van der Waals surface area contributed by atoms with Crippen LogP contribution in [0.2, 0.25) is 0 Å². The summed E-state index contributed by atoms with van der Waals surface area (Å²) >= 11 is 0. The molecule has 1 atom stereocenters. The van der Waals surface area contributed by atoms with E-state index < -0.39 is 17.7 Å². The summed E-state index contributed by atoms with van der Waals surface area (Å²) < 4.78 is 10.9. The van der Waals surface area contributed by atoms with Crippen molar-refractivity contribution in [3.05, 3.63) is 101 Å². The number of aliphatic hydroxyl groups is 1. The quantitative estimate of drug-likeness (QED) is 0.207. The summed E-state index contributed by atoms with van der Waals surface area (Å²) in [6.45, 7) is 1.11. The normalized spacial score (nSPS) is 17.1. The van der Waals surface area contributed by atoms with Crippen molar-refractivity contribution in [1.82, 2.24) is 4.90 Å². The first-order valence-corrected chi connectivity index (χ1v) is 11.3. The number of nitrogens with zero attached hydrogens (tertiary/aromatic N) is 1. The maximum absolute atomic E-state index is 13.0. The molecule has 1 aliphatic rings. The number of rotatable bonds is 9. The van der Waals surface area contributed by atoms with Crippen LogP contribution in [0.15, 0.2) is 84.4 Å². The van der Waals surface area contributed by atoms with E-state index in [9.17, 15) is 19.8 Å². The zero-order valence-corrected chi connectivity index (χ0v) is 19.4. The molecule has 7 nitrogen and oxygen atoms in total. The van der Waals surface area contributed by atoms with Gasteiger partial charge in [-0.1, -0.05) is 42.5 Å². The van der Waals surface area contributed by atoms with E-state index in [2.05, 4.69) is 0 Å². The lowest BCUT2D eigenvalue weighted by Crippen LogP contribution is -2.31. The molecule has 0 aliphatic carbocycles. The first kappa shape index (κ1) is 24.0. The zero-order valence-electron chi connectivity index (χ0n) is 19.4. The highest BCUT2D eigenvalue weighted by Gasteiger charge is 2.45. The van der Waals surface area contributed by atoms with Crippen molar-refractivity contribution in [3.63, 3.8) is 0 Å². The van der Waals surface area contributed by atoms with E-state index in [0.29, 0.717) is 36.5 Å². The van der Waals surface area contributed by atoms with E-state index in [4.69, 9.17) is 9.47 Å². The molecule has 1 amide bonds. The third-order valence-corrected chi connectivity index (χ3v) is 5.87. The molecule has 0 saturated carbocycles. The van der Waals surface area contributed by atoms with Gasteiger partial charge in [0.2, 0.25) is 0 Å². The molecular formula is C28H27NO6. The van der Waals surface area contributed by atoms with Crippen molar-refractivity contribution >= 4 is 17.4 Å². The number of benzene rings is 3. The number of Topliss-reactive ketones (excluding diaryl/α,β-unsaturated/α-hetero) is 1. The van der Waals surface area contributed by atoms with E-state index in [1.165, 1.54) is 17.0 Å². The number of likely N-dealkylation sites (tertiary alicyclic amines) is 1. The Hall–Kier alpha value is -4.10. The molecule has 7 heteroatoms. The first-order valence-electron chi connectivity index (χ1n) is 11.3. The van der Waals surface area contributed by atoms with E-state index in [1.807, 2.05) is 30.3 Å². The largest absolute Gasteiger partial charge is 0.508 e. The van der Waals surface area contributed by atoms with Crippen molar-refractivity contribution in [2.24, 2.45) is 0 Å². The number of phenolic OH excluding ortho intramolecular Hbond substituents is 1. The van der Waals surface area contributed by atoms with Gasteiger partial charge in [-0.2, -0.15) is 0 Å². The smallest absolute Gasteiger partial charge is 0.295 e. The van der Waals surface area contributed by atoms with Crippen LogP contribution in [0.5, 0.6) is 11.5 Å². The number of amides is 1. The third-order valence-electron chi connectivity index (χ3n) is 5.87. The maximum Gasteiger partial charge on any atom is 0.295 e. The SMILES string of the molecule is COCCCN1C(=O)C(=O)C(=C(O)c2ccc(OCc3ccccc3)cc2)[C@H]1c1ccc(O)cc1. The Balaban J connectivity index is 1.63. The Morgan fingerprint density at radius 1 is 0.943 bits per heavy atom. The van der Waals surface area contributed by atoms with Gasteiger partial charge in [0.05, 0.1) is 11.6 Å². The minimum atomic E-state index is -0.776. The van der Waals surface area contributed by atoms with Crippen LogP contribution in [0.4, 0.5) is 0 Å². The molecule has 1 saturated heterocycles. The number of hydrogen-bond donors (Lipinski definition) is 2. The highest BCUT2D eigenvalue weighted by atomic mass is 16.5. The van der Waals surface area contributed by atoms with Crippen LogP contribution in [0.1, 0.15) is 29.2 Å². The lowest BCUT2D eigenvalue weighted by Gasteiger charge is -2.25. The number of aromatic hydroxyl groups is 1. The molecule has 2 N–H and O–H groups in total. The molecule has 1 fully saturated rings. The highest BCUT2D eigenvalue weighted by molar-refractivity contribution is 6.46. The van der Waals surface area contributed by atoms with Crippen LogP contribution >= 0.6 is 0 Å². The number of methoxy groups -OCH3 is 1. The van der Waals surface area contributed by atoms with Gasteiger partial charge in [-0.15, -0.1) is 0 Å². The number of carbonyl (C=O) groups excluding carboxylic acids is 2. The molecule has 0 aromatic heterocycles. The monoisotopic (exact) mass is 473 g/mol. The standard InChI is InChI=1S/C28H27NO6/c1-34-17-5-16-29-25(20-8-12-22(30)13-9-20)24(27(32)28(29)33)26(31)21-10-14-23(15-11-21)35-18-19-6-3-2-4-7-19/h2-4,6-15,25,30-31H,5,16-18H2,1H3/t25-/m1/s1. The second-order valence-electron chi connectivity index (χ2n) is 8.23. The molecule has 3 aromatic carbocycles. The molecule has 180 valence electrons. The summed E-state index contributed by atoms with van der Waals surface area (Å²) in [6, 6.07) is 22.0. The summed E-state index contributed by atoms with van der Waals surface area (Å²) in [5, 5.41) is 20.8. The zero-order chi connectivity index (χ0) is 24.8. The Morgan fingerprint density at radius 2 is 1.63 bits per heavy atom. The van der Waals surface area contributed by atoms with Gasteiger partial charge in [0.15, 0.2) is 0 Å². The Kier molecular flexibility index (Phi) is 7.48. The number of ketones is 1. The summed E-state index contributed by atoms with van der Waals surface area (Å²) in [6.07, 6.45) is 0.533. The Morgan fingerprint density at radius 3 is 2.29 bits per heavy atom. The van der Waals surface area contributed by atoms with Gasteiger partial charge in [0.25, 0.3) is 11.7 Å². The number of aliphatic hydroxyl groups excluding tert-OH is 1. The van der Waals surface area contributed by atoms with E-state index in [1.54, 1.807) is 43.5 Å². The molecule has 0 unspecified atom stereocenters. The van der Waals surface area contributed by atoms with Gasteiger partial charge >= 0.3 is 0 Å². The first-order chi connectivity index (χ1) is 17.0. The minimum Gasteiger partial charge on any atom is -0.508 e. The number of hydrogen-bond acceptors (Lipinski definition) is 6. The minimum absolute atomic E-state index is 0.0102. The van der Waals surface area contributed by atoms with E-state index >= 15 is 0 Å². The second-order valence-corrected chi connectivity index (χ2v) is 8.23. The van der Waals surface area contributed by atoms with Crippen LogP contribution < -0.4 is 4.74 Å². The summed E-state index contributed by atoms with van der Waals surface area (Å²) in [5.74, 6) is -1.01. The van der Waals surface area contributed by atoms with Crippen LogP contribution in [0.3, 0.4) is 0 Å². The number of ether oxygens (including phenoxy) is 2. The fourth-order valence-electron chi connectivity index (χ4n) is 4.10. The Labute approximate surface area is 203 Å². The predicted octanol–water partition coefficient (Wildman–Crippen LogP) is 4.43. The molecule has 0 radical (unpaired) electrons. The number of carbonyl (C=O) groups is 2. The summed E-state index contributed by atoms with van der Waals surface area (Å²) in [7, 11) is 1.57. The second kappa shape index (κ2) is 10.9. The molecule has 35 heavy (non-hydrogen) atoms. The van der Waals surface area contributed by atoms with Crippen molar-refractivity contribution in [2.45, 2.75) is 19.1 Å². The highest BCUT2D eigenvalue weighted by Crippen LogP contribution is 2.40. The van der Waals surface area contributed by atoms with Crippen molar-refractivity contribution in [2.75, 3.05) is 20.3 Å². The van der Waals surface area contributed by atoms with E-state index in [-0.39, 0.29) is 23.6 Å². The van der Waals surface area contributed by atoms with Crippen LogP contribution in [0.25, 0.3) is 5.76 Å². The molecule has 3 aromatic rings. The average molecular weight is 474 g/mol. The summed E-state index contributed by atoms with van der Waals surface area (Å²) in [5.41, 5.74) is 2.05. The van der Waals surface area contributed by atoms with Gasteiger partial charge in [-0.05, 0) is 53.9 Å². The van der Waals surface area contributed by atoms with Gasteiger partial charge in [-0.25, -0.2) is 0 Å². The van der Waals surface area contributed by atoms with Crippen LogP contribution in [-0.2, 0) is 20.9 Å². The van der Waals surface area contributed by atoms with Crippen molar-refractivity contribution in [1.29, 1.82) is 0 Å². The van der Waals surface area contributed by atoms with E-state index in [0.717, 1.165) is 5.56 Å². The molecule has 0 bridgehead atoms. The van der Waals surface area contributed by atoms with Crippen LogP contribution in [0, 0.1) is 0 Å². The molecule has 1 aliphatic heterocycles. The van der Waals surface area contributed by atoms with Crippen molar-refractivity contribution < 1.29 is 29.3 Å². The lowest BCUT2D eigenvalue weighted by molar-refractivity contribution is -0.140. The topological polar surface area (TPSA) is 96.3 Å². The van der Waals surface area contributed by atoms with Gasteiger partial charge in [0, 0.05) is 25.8 Å². The molecular weight excluding hydrogens is 446 g/mol.